The Kier molecular flexibility index (Phi) is 4.26. The average Bonchev–Trinajstić information content (AvgIpc) is 2.75. The lowest BCUT2D eigenvalue weighted by molar-refractivity contribution is 0.0173. The Bertz CT molecular complexity index is 203. The highest BCUT2D eigenvalue weighted by Gasteiger charge is 2.30. The van der Waals surface area contributed by atoms with Gasteiger partial charge in [-0.15, -0.1) is 0 Å². The number of hydrogen-bond donors (Lipinski definition) is 1. The van der Waals surface area contributed by atoms with E-state index >= 15 is 0 Å². The van der Waals surface area contributed by atoms with Gasteiger partial charge in [-0.1, -0.05) is 13.3 Å². The molecule has 94 valence electrons. The molecule has 0 spiro atoms. The molecule has 1 saturated carbocycles. The maximum Gasteiger partial charge on any atom is 0.0779 e. The molecule has 1 atom stereocenters. The van der Waals surface area contributed by atoms with Gasteiger partial charge in [0, 0.05) is 19.2 Å². The summed E-state index contributed by atoms with van der Waals surface area (Å²) in [6.07, 6.45) is 9.42. The smallest absolute Gasteiger partial charge is 0.0779 e. The first kappa shape index (κ1) is 12.4. The van der Waals surface area contributed by atoms with Crippen molar-refractivity contribution in [3.8, 4) is 0 Å². The van der Waals surface area contributed by atoms with E-state index in [9.17, 15) is 0 Å². The van der Waals surface area contributed by atoms with E-state index in [-0.39, 0.29) is 5.60 Å². The van der Waals surface area contributed by atoms with Crippen molar-refractivity contribution in [2.24, 2.45) is 5.92 Å². The monoisotopic (exact) mass is 225 g/mol. The first-order valence-electron chi connectivity index (χ1n) is 7.09. The van der Waals surface area contributed by atoms with Crippen LogP contribution in [0.15, 0.2) is 0 Å². The molecule has 0 aromatic rings. The summed E-state index contributed by atoms with van der Waals surface area (Å²) in [5.74, 6) is 0.997. The molecule has 2 rings (SSSR count). The molecule has 1 saturated heterocycles. The van der Waals surface area contributed by atoms with Crippen LogP contribution in [-0.2, 0) is 4.74 Å². The molecule has 1 heterocycles. The topological polar surface area (TPSA) is 21.3 Å². The van der Waals surface area contributed by atoms with Crippen LogP contribution in [0.4, 0.5) is 0 Å². The van der Waals surface area contributed by atoms with Gasteiger partial charge in [-0.3, -0.25) is 0 Å². The van der Waals surface area contributed by atoms with Gasteiger partial charge in [0.15, 0.2) is 0 Å². The molecular weight excluding hydrogens is 198 g/mol. The summed E-state index contributed by atoms with van der Waals surface area (Å²) < 4.78 is 5.81. The molecule has 1 N–H and O–H groups in total. The van der Waals surface area contributed by atoms with Crippen LogP contribution in [-0.4, -0.2) is 24.8 Å². The highest BCUT2D eigenvalue weighted by atomic mass is 16.5. The predicted octanol–water partition coefficient (Wildman–Crippen LogP) is 3.11. The Labute approximate surface area is 100 Å². The average molecular weight is 225 g/mol. The second kappa shape index (κ2) is 5.50. The summed E-state index contributed by atoms with van der Waals surface area (Å²) in [5.41, 5.74) is 0.127. The fraction of sp³-hybridized carbons (Fsp3) is 1.00. The minimum atomic E-state index is 0.127. The molecule has 2 heteroatoms. The lowest BCUT2D eigenvalue weighted by Gasteiger charge is -2.32. The minimum Gasteiger partial charge on any atom is -0.374 e. The van der Waals surface area contributed by atoms with Gasteiger partial charge < -0.3 is 10.1 Å². The summed E-state index contributed by atoms with van der Waals surface area (Å²) in [6, 6.07) is 0.754. The second-order valence-electron chi connectivity index (χ2n) is 5.91. The van der Waals surface area contributed by atoms with Crippen LogP contribution in [0.25, 0.3) is 0 Å². The fourth-order valence-electron chi connectivity index (χ4n) is 3.11. The predicted molar refractivity (Wildman–Crippen MR) is 67.6 cm³/mol. The van der Waals surface area contributed by atoms with Gasteiger partial charge in [-0.2, -0.15) is 0 Å². The second-order valence-corrected chi connectivity index (χ2v) is 5.91. The largest absolute Gasteiger partial charge is 0.374 e. The zero-order chi connectivity index (χ0) is 11.4. The van der Waals surface area contributed by atoms with Crippen LogP contribution in [0.5, 0.6) is 0 Å². The van der Waals surface area contributed by atoms with Gasteiger partial charge in [-0.05, 0) is 51.4 Å². The molecule has 2 aliphatic rings. The molecule has 0 aromatic heterocycles. The number of hydrogen-bond acceptors (Lipinski definition) is 2. The zero-order valence-electron chi connectivity index (χ0n) is 10.9. The van der Waals surface area contributed by atoms with E-state index in [0.29, 0.717) is 0 Å². The third-order valence-electron chi connectivity index (χ3n) is 4.49. The number of rotatable bonds is 4. The minimum absolute atomic E-state index is 0.127. The molecule has 1 aliphatic carbocycles. The molecule has 0 aromatic carbocycles. The molecule has 0 bridgehead atoms. The summed E-state index contributed by atoms with van der Waals surface area (Å²) >= 11 is 0. The summed E-state index contributed by atoms with van der Waals surface area (Å²) in [6.45, 7) is 6.59. The number of nitrogens with one attached hydrogen (secondary N) is 1. The van der Waals surface area contributed by atoms with Crippen molar-refractivity contribution < 1.29 is 4.74 Å². The Hall–Kier alpha value is -0.0800. The van der Waals surface area contributed by atoms with Crippen LogP contribution >= 0.6 is 0 Å². The fourth-order valence-corrected chi connectivity index (χ4v) is 3.11. The van der Waals surface area contributed by atoms with E-state index in [0.717, 1.165) is 25.1 Å². The van der Waals surface area contributed by atoms with E-state index in [2.05, 4.69) is 19.2 Å². The summed E-state index contributed by atoms with van der Waals surface area (Å²) in [4.78, 5) is 0. The normalized spacial score (nSPS) is 40.1. The zero-order valence-corrected chi connectivity index (χ0v) is 10.9. The van der Waals surface area contributed by atoms with Crippen LogP contribution < -0.4 is 5.32 Å². The van der Waals surface area contributed by atoms with Crippen LogP contribution in [0.3, 0.4) is 0 Å². The summed E-state index contributed by atoms with van der Waals surface area (Å²) in [7, 11) is 0. The number of ether oxygens (including phenoxy) is 1. The molecule has 16 heavy (non-hydrogen) atoms. The molecule has 0 radical (unpaired) electrons. The Morgan fingerprint density at radius 1 is 1.25 bits per heavy atom. The third kappa shape index (κ3) is 3.21. The molecule has 2 nitrogen and oxygen atoms in total. The molecular formula is C14H27NO. The van der Waals surface area contributed by atoms with Crippen molar-refractivity contribution in [3.05, 3.63) is 0 Å². The Balaban J connectivity index is 1.67. The van der Waals surface area contributed by atoms with Crippen molar-refractivity contribution in [3.63, 3.8) is 0 Å². The highest BCUT2D eigenvalue weighted by Crippen LogP contribution is 2.28. The van der Waals surface area contributed by atoms with E-state index < -0.39 is 0 Å². The SMILES string of the molecule is CCC1CCC(NCC2(C)CCCO2)CC1. The van der Waals surface area contributed by atoms with Gasteiger partial charge in [0.25, 0.3) is 0 Å². The van der Waals surface area contributed by atoms with Gasteiger partial charge in [0.05, 0.1) is 5.60 Å². The first-order chi connectivity index (χ1) is 7.72. The van der Waals surface area contributed by atoms with Crippen molar-refractivity contribution in [1.82, 2.24) is 5.32 Å². The lowest BCUT2D eigenvalue weighted by atomic mass is 9.84. The lowest BCUT2D eigenvalue weighted by Crippen LogP contribution is -2.43. The van der Waals surface area contributed by atoms with E-state index in [4.69, 9.17) is 4.74 Å². The van der Waals surface area contributed by atoms with E-state index in [1.54, 1.807) is 0 Å². The maximum atomic E-state index is 5.81. The van der Waals surface area contributed by atoms with E-state index in [1.807, 2.05) is 0 Å². The van der Waals surface area contributed by atoms with Crippen molar-refractivity contribution in [2.75, 3.05) is 13.2 Å². The molecule has 1 unspecified atom stereocenters. The third-order valence-corrected chi connectivity index (χ3v) is 4.49. The highest BCUT2D eigenvalue weighted by molar-refractivity contribution is 4.85. The van der Waals surface area contributed by atoms with Crippen LogP contribution in [0.2, 0.25) is 0 Å². The Morgan fingerprint density at radius 2 is 2.00 bits per heavy atom. The van der Waals surface area contributed by atoms with E-state index in [1.165, 1.54) is 44.9 Å². The van der Waals surface area contributed by atoms with Crippen LogP contribution in [0, 0.1) is 5.92 Å². The van der Waals surface area contributed by atoms with Gasteiger partial charge >= 0.3 is 0 Å². The van der Waals surface area contributed by atoms with Crippen molar-refractivity contribution in [1.29, 1.82) is 0 Å². The van der Waals surface area contributed by atoms with Crippen molar-refractivity contribution in [2.45, 2.75) is 70.4 Å². The van der Waals surface area contributed by atoms with Gasteiger partial charge in [0.2, 0.25) is 0 Å². The first-order valence-corrected chi connectivity index (χ1v) is 7.09. The van der Waals surface area contributed by atoms with Crippen LogP contribution in [0.1, 0.15) is 58.8 Å². The molecule has 2 fully saturated rings. The Morgan fingerprint density at radius 3 is 2.56 bits per heavy atom. The van der Waals surface area contributed by atoms with Gasteiger partial charge in [0.1, 0.15) is 0 Å². The van der Waals surface area contributed by atoms with Gasteiger partial charge in [-0.25, -0.2) is 0 Å². The molecule has 1 aliphatic heterocycles. The van der Waals surface area contributed by atoms with Crippen molar-refractivity contribution >= 4 is 0 Å². The molecule has 0 amide bonds. The summed E-state index contributed by atoms with van der Waals surface area (Å²) in [5, 5.41) is 3.72. The quantitative estimate of drug-likeness (QED) is 0.794. The maximum absolute atomic E-state index is 5.81. The standard InChI is InChI=1S/C14H27NO/c1-3-12-5-7-13(8-6-12)15-11-14(2)9-4-10-16-14/h12-13,15H,3-11H2,1-2H3.